The van der Waals surface area contributed by atoms with Crippen LogP contribution in [0.3, 0.4) is 0 Å². The quantitative estimate of drug-likeness (QED) is 0.734. The molecule has 1 rings (SSSR count). The lowest BCUT2D eigenvalue weighted by atomic mass is 10.2. The van der Waals surface area contributed by atoms with Crippen LogP contribution in [-0.2, 0) is 4.79 Å². The highest BCUT2D eigenvalue weighted by molar-refractivity contribution is 5.96. The summed E-state index contributed by atoms with van der Waals surface area (Å²) in [7, 11) is 0. The number of pyridine rings is 1. The highest BCUT2D eigenvalue weighted by atomic mass is 19.1. The van der Waals surface area contributed by atoms with Crippen LogP contribution in [0.4, 0.5) is 4.39 Å². The third-order valence-corrected chi connectivity index (χ3v) is 1.99. The van der Waals surface area contributed by atoms with Crippen LogP contribution < -0.4 is 10.6 Å². The molecule has 17 heavy (non-hydrogen) atoms. The van der Waals surface area contributed by atoms with Gasteiger partial charge in [0, 0.05) is 12.7 Å². The van der Waals surface area contributed by atoms with Gasteiger partial charge >= 0.3 is 0 Å². The monoisotopic (exact) mass is 239 g/mol. The standard InChI is InChI=1S/C11H14FN3O2/c1-2-5-13-9(16)7-15-11(17)8-4-3-6-14-10(8)12/h3-4,6H,2,5,7H2,1H3,(H,13,16)(H,15,17). The first kappa shape index (κ1) is 13.1. The molecule has 0 saturated heterocycles. The number of halogens is 1. The number of hydrogen-bond donors (Lipinski definition) is 2. The molecule has 92 valence electrons. The fourth-order valence-electron chi connectivity index (χ4n) is 1.14. The highest BCUT2D eigenvalue weighted by Crippen LogP contribution is 2.01. The van der Waals surface area contributed by atoms with Gasteiger partial charge in [0.25, 0.3) is 5.91 Å². The summed E-state index contributed by atoms with van der Waals surface area (Å²) in [5.41, 5.74) is -0.171. The lowest BCUT2D eigenvalue weighted by Gasteiger charge is -2.06. The third kappa shape index (κ3) is 4.18. The number of hydrogen-bond acceptors (Lipinski definition) is 3. The number of amides is 2. The topological polar surface area (TPSA) is 71.1 Å². The normalized spacial score (nSPS) is 9.76. The highest BCUT2D eigenvalue weighted by Gasteiger charge is 2.12. The number of carbonyl (C=O) groups is 2. The summed E-state index contributed by atoms with van der Waals surface area (Å²) in [6.45, 7) is 2.30. The molecule has 0 aliphatic rings. The van der Waals surface area contributed by atoms with Gasteiger partial charge in [0.2, 0.25) is 11.9 Å². The molecular weight excluding hydrogens is 225 g/mol. The van der Waals surface area contributed by atoms with E-state index in [4.69, 9.17) is 0 Å². The maximum Gasteiger partial charge on any atom is 0.256 e. The number of carbonyl (C=O) groups excluding carboxylic acids is 2. The smallest absolute Gasteiger partial charge is 0.256 e. The summed E-state index contributed by atoms with van der Waals surface area (Å²) in [6.07, 6.45) is 2.07. The Morgan fingerprint density at radius 1 is 1.41 bits per heavy atom. The molecule has 0 saturated carbocycles. The van der Waals surface area contributed by atoms with Gasteiger partial charge < -0.3 is 10.6 Å². The summed E-state index contributed by atoms with van der Waals surface area (Å²) >= 11 is 0. The van der Waals surface area contributed by atoms with Gasteiger partial charge in [0.05, 0.1) is 12.1 Å². The van der Waals surface area contributed by atoms with E-state index in [2.05, 4.69) is 15.6 Å². The summed E-state index contributed by atoms with van der Waals surface area (Å²) in [6, 6.07) is 2.76. The lowest BCUT2D eigenvalue weighted by Crippen LogP contribution is -2.37. The van der Waals surface area contributed by atoms with E-state index in [1.54, 1.807) is 0 Å². The van der Waals surface area contributed by atoms with E-state index in [1.807, 2.05) is 6.92 Å². The van der Waals surface area contributed by atoms with Gasteiger partial charge in [-0.2, -0.15) is 4.39 Å². The van der Waals surface area contributed by atoms with Gasteiger partial charge in [-0.3, -0.25) is 9.59 Å². The molecule has 0 aromatic carbocycles. The largest absolute Gasteiger partial charge is 0.355 e. The van der Waals surface area contributed by atoms with Crippen molar-refractivity contribution in [2.75, 3.05) is 13.1 Å². The van der Waals surface area contributed by atoms with E-state index >= 15 is 0 Å². The zero-order chi connectivity index (χ0) is 12.7. The van der Waals surface area contributed by atoms with Crippen molar-refractivity contribution in [2.45, 2.75) is 13.3 Å². The van der Waals surface area contributed by atoms with Crippen molar-refractivity contribution >= 4 is 11.8 Å². The molecule has 1 heterocycles. The minimum Gasteiger partial charge on any atom is -0.355 e. The van der Waals surface area contributed by atoms with Gasteiger partial charge in [0.15, 0.2) is 0 Å². The van der Waals surface area contributed by atoms with Crippen molar-refractivity contribution < 1.29 is 14.0 Å². The Balaban J connectivity index is 2.45. The van der Waals surface area contributed by atoms with Crippen LogP contribution in [-0.4, -0.2) is 29.9 Å². The van der Waals surface area contributed by atoms with Crippen molar-refractivity contribution in [3.63, 3.8) is 0 Å². The van der Waals surface area contributed by atoms with Crippen LogP contribution in [0.5, 0.6) is 0 Å². The third-order valence-electron chi connectivity index (χ3n) is 1.99. The van der Waals surface area contributed by atoms with Crippen LogP contribution in [0.15, 0.2) is 18.3 Å². The molecule has 0 bridgehead atoms. The first-order valence-electron chi connectivity index (χ1n) is 5.30. The fourth-order valence-corrected chi connectivity index (χ4v) is 1.14. The van der Waals surface area contributed by atoms with Crippen molar-refractivity contribution in [3.05, 3.63) is 29.8 Å². The van der Waals surface area contributed by atoms with E-state index in [9.17, 15) is 14.0 Å². The fraction of sp³-hybridized carbons (Fsp3) is 0.364. The van der Waals surface area contributed by atoms with E-state index in [0.29, 0.717) is 6.54 Å². The van der Waals surface area contributed by atoms with E-state index in [0.717, 1.165) is 6.42 Å². The van der Waals surface area contributed by atoms with Crippen molar-refractivity contribution in [1.29, 1.82) is 0 Å². The summed E-state index contributed by atoms with van der Waals surface area (Å²) in [4.78, 5) is 26.0. The maximum absolute atomic E-state index is 13.1. The van der Waals surface area contributed by atoms with Gasteiger partial charge in [-0.1, -0.05) is 6.92 Å². The molecule has 0 spiro atoms. The Labute approximate surface area is 98.4 Å². The number of rotatable bonds is 5. The van der Waals surface area contributed by atoms with Gasteiger partial charge in [-0.25, -0.2) is 4.98 Å². The zero-order valence-corrected chi connectivity index (χ0v) is 9.50. The maximum atomic E-state index is 13.1. The van der Waals surface area contributed by atoms with E-state index in [1.165, 1.54) is 18.3 Å². The Hall–Kier alpha value is -1.98. The summed E-state index contributed by atoms with van der Waals surface area (Å²) < 4.78 is 13.1. The predicted molar refractivity (Wildman–Crippen MR) is 59.8 cm³/mol. The molecule has 0 unspecified atom stereocenters. The molecule has 2 N–H and O–H groups in total. The molecule has 0 aliphatic carbocycles. The van der Waals surface area contributed by atoms with Crippen molar-refractivity contribution in [3.8, 4) is 0 Å². The van der Waals surface area contributed by atoms with Crippen LogP contribution in [0, 0.1) is 5.95 Å². The molecule has 0 aliphatic heterocycles. The van der Waals surface area contributed by atoms with Crippen LogP contribution in [0.2, 0.25) is 0 Å². The molecule has 1 aromatic rings. The van der Waals surface area contributed by atoms with Gasteiger partial charge in [-0.15, -0.1) is 0 Å². The predicted octanol–water partition coefficient (Wildman–Crippen LogP) is 0.477. The SMILES string of the molecule is CCCNC(=O)CNC(=O)c1cccnc1F. The number of aromatic nitrogens is 1. The molecule has 5 nitrogen and oxygen atoms in total. The van der Waals surface area contributed by atoms with Gasteiger partial charge in [-0.05, 0) is 18.6 Å². The Bertz CT molecular complexity index is 409. The minimum absolute atomic E-state index is 0.171. The van der Waals surface area contributed by atoms with Crippen LogP contribution >= 0.6 is 0 Å². The molecule has 1 aromatic heterocycles. The second-order valence-corrected chi connectivity index (χ2v) is 3.37. The molecule has 2 amide bonds. The first-order chi connectivity index (χ1) is 8.15. The van der Waals surface area contributed by atoms with Crippen LogP contribution in [0.25, 0.3) is 0 Å². The molecule has 0 radical (unpaired) electrons. The zero-order valence-electron chi connectivity index (χ0n) is 9.50. The summed E-state index contributed by atoms with van der Waals surface area (Å²) in [5.74, 6) is -1.80. The molecular formula is C11H14FN3O2. The molecule has 0 fully saturated rings. The lowest BCUT2D eigenvalue weighted by molar-refractivity contribution is -0.120. The first-order valence-corrected chi connectivity index (χ1v) is 5.30. The average molecular weight is 239 g/mol. The van der Waals surface area contributed by atoms with Crippen molar-refractivity contribution in [2.24, 2.45) is 0 Å². The second-order valence-electron chi connectivity index (χ2n) is 3.37. The summed E-state index contributed by atoms with van der Waals surface area (Å²) in [5, 5.41) is 4.91. The minimum atomic E-state index is -0.848. The van der Waals surface area contributed by atoms with E-state index < -0.39 is 11.9 Å². The molecule has 6 heteroatoms. The molecule has 0 atom stereocenters. The number of nitrogens with one attached hydrogen (secondary N) is 2. The van der Waals surface area contributed by atoms with Crippen LogP contribution in [0.1, 0.15) is 23.7 Å². The van der Waals surface area contributed by atoms with E-state index in [-0.39, 0.29) is 18.0 Å². The Morgan fingerprint density at radius 2 is 2.18 bits per heavy atom. The average Bonchev–Trinajstić information content (AvgIpc) is 2.34. The second kappa shape index (κ2) is 6.57. The van der Waals surface area contributed by atoms with Crippen molar-refractivity contribution in [1.82, 2.24) is 15.6 Å². The number of nitrogens with zero attached hydrogens (tertiary/aromatic N) is 1. The Morgan fingerprint density at radius 3 is 2.82 bits per heavy atom. The Kier molecular flexibility index (Phi) is 5.06. The van der Waals surface area contributed by atoms with Gasteiger partial charge in [0.1, 0.15) is 0 Å².